The molecule has 5 rings (SSSR count). The summed E-state index contributed by atoms with van der Waals surface area (Å²) in [7, 11) is 2.05. The first-order chi connectivity index (χ1) is 15.7. The molecule has 0 N–H and O–H groups in total. The number of benzene rings is 2. The van der Waals surface area contributed by atoms with Crippen molar-refractivity contribution in [3.8, 4) is 10.4 Å². The van der Waals surface area contributed by atoms with Crippen LogP contribution >= 0.6 is 34.7 Å². The quantitative estimate of drug-likeness (QED) is 0.380. The van der Waals surface area contributed by atoms with Gasteiger partial charge in [0.05, 0.1) is 26.8 Å². The number of likely N-dealkylation sites (tertiary alicyclic amines) is 1. The summed E-state index contributed by atoms with van der Waals surface area (Å²) >= 11 is 14.8. The molecule has 1 saturated heterocycles. The fraction of sp³-hybridized carbons (Fsp3) is 0.360. The van der Waals surface area contributed by atoms with Gasteiger partial charge in [-0.25, -0.2) is 4.98 Å². The van der Waals surface area contributed by atoms with E-state index in [0.717, 1.165) is 39.7 Å². The lowest BCUT2D eigenvalue weighted by molar-refractivity contribution is 0.0462. The Labute approximate surface area is 208 Å². The third-order valence-electron chi connectivity index (χ3n) is 7.42. The number of thiazole rings is 1. The van der Waals surface area contributed by atoms with E-state index in [-0.39, 0.29) is 5.91 Å². The van der Waals surface area contributed by atoms with Crippen LogP contribution in [-0.2, 0) is 0 Å². The van der Waals surface area contributed by atoms with Crippen LogP contribution in [0.4, 0.5) is 11.4 Å². The summed E-state index contributed by atoms with van der Waals surface area (Å²) in [4.78, 5) is 23.8. The van der Waals surface area contributed by atoms with Crippen molar-refractivity contribution in [3.05, 3.63) is 64.3 Å². The summed E-state index contributed by atoms with van der Waals surface area (Å²) in [6.45, 7) is 6.86. The lowest BCUT2D eigenvalue weighted by atomic mass is 9.83. The minimum absolute atomic E-state index is 0.0648. The number of halogens is 2. The number of likely N-dealkylation sites (N-methyl/N-ethyl adjacent to an activating group) is 1. The highest BCUT2D eigenvalue weighted by Gasteiger charge is 2.61. The molecule has 2 aliphatic rings. The molecular weight excluding hydrogens is 475 g/mol. The van der Waals surface area contributed by atoms with Crippen molar-refractivity contribution in [2.75, 3.05) is 22.9 Å². The molecule has 2 aliphatic heterocycles. The number of aromatic nitrogens is 1. The predicted molar refractivity (Wildman–Crippen MR) is 138 cm³/mol. The highest BCUT2D eigenvalue weighted by molar-refractivity contribution is 7.15. The Morgan fingerprint density at radius 2 is 1.85 bits per heavy atom. The van der Waals surface area contributed by atoms with Gasteiger partial charge in [0.15, 0.2) is 0 Å². The first kappa shape index (κ1) is 22.5. The maximum Gasteiger partial charge on any atom is 0.274 e. The standard InChI is InChI=1S/C25H26Cl2N4OS/c1-16-28-21(22(33-16)17-9-7-10-18(26)15-17)23(32)30-14-8-13-24(30,2)25(3)29(4)19-11-5-6-12-20(19)31(25)27/h5-7,9-12,15H,8,13-14H2,1-4H3/t24?,25-/m0/s1. The van der Waals surface area contributed by atoms with Crippen molar-refractivity contribution in [2.24, 2.45) is 0 Å². The fourth-order valence-corrected chi connectivity index (χ4v) is 6.93. The Morgan fingerprint density at radius 1 is 1.12 bits per heavy atom. The maximum absolute atomic E-state index is 14.1. The Kier molecular flexibility index (Phi) is 5.39. The van der Waals surface area contributed by atoms with E-state index >= 15 is 0 Å². The fourth-order valence-electron chi connectivity index (χ4n) is 5.39. The third kappa shape index (κ3) is 3.18. The second-order valence-electron chi connectivity index (χ2n) is 9.10. The zero-order chi connectivity index (χ0) is 23.5. The number of nitrogens with zero attached hydrogens (tertiary/aromatic N) is 4. The Bertz CT molecular complexity index is 1220. The van der Waals surface area contributed by atoms with Gasteiger partial charge in [-0.05, 0) is 63.4 Å². The highest BCUT2D eigenvalue weighted by Crippen LogP contribution is 2.54. The maximum atomic E-state index is 14.1. The van der Waals surface area contributed by atoms with E-state index in [1.54, 1.807) is 4.42 Å². The number of rotatable bonds is 3. The monoisotopic (exact) mass is 500 g/mol. The topological polar surface area (TPSA) is 39.7 Å². The lowest BCUT2D eigenvalue weighted by Crippen LogP contribution is -2.70. The molecule has 1 amide bonds. The van der Waals surface area contributed by atoms with Crippen LogP contribution in [0.25, 0.3) is 10.4 Å². The number of aryl methyl sites for hydroxylation is 1. The SMILES string of the molecule is Cc1nc(C(=O)N2CCCC2(C)[C@@]2(C)N(C)c3ccccc3N2Cl)c(-c2cccc(Cl)c2)s1. The molecule has 8 heteroatoms. The van der Waals surface area contributed by atoms with Crippen molar-refractivity contribution < 1.29 is 4.79 Å². The highest BCUT2D eigenvalue weighted by atomic mass is 35.5. The van der Waals surface area contributed by atoms with Crippen molar-refractivity contribution in [1.82, 2.24) is 9.88 Å². The smallest absolute Gasteiger partial charge is 0.274 e. The summed E-state index contributed by atoms with van der Waals surface area (Å²) < 4.78 is 1.80. The van der Waals surface area contributed by atoms with Crippen LogP contribution in [-0.4, -0.2) is 40.6 Å². The van der Waals surface area contributed by atoms with E-state index in [0.29, 0.717) is 17.3 Å². The summed E-state index contributed by atoms with van der Waals surface area (Å²) in [6.07, 6.45) is 1.74. The molecule has 0 spiro atoms. The van der Waals surface area contributed by atoms with Gasteiger partial charge in [0.25, 0.3) is 5.91 Å². The molecule has 0 radical (unpaired) electrons. The van der Waals surface area contributed by atoms with E-state index in [1.807, 2.05) is 54.3 Å². The first-order valence-corrected chi connectivity index (χ1v) is 12.6. The van der Waals surface area contributed by atoms with E-state index in [9.17, 15) is 4.79 Å². The second kappa shape index (κ2) is 7.90. The summed E-state index contributed by atoms with van der Waals surface area (Å²) in [5.41, 5.74) is 2.23. The molecule has 33 heavy (non-hydrogen) atoms. The number of para-hydroxylation sites is 2. The second-order valence-corrected chi connectivity index (χ2v) is 11.1. The van der Waals surface area contributed by atoms with Gasteiger partial charge < -0.3 is 9.80 Å². The van der Waals surface area contributed by atoms with Crippen LogP contribution in [0.5, 0.6) is 0 Å². The molecule has 0 bridgehead atoms. The van der Waals surface area contributed by atoms with Gasteiger partial charge in [-0.3, -0.25) is 9.21 Å². The molecule has 2 aromatic carbocycles. The third-order valence-corrected chi connectivity index (χ3v) is 9.19. The zero-order valence-corrected chi connectivity index (χ0v) is 21.4. The molecule has 3 aromatic rings. The van der Waals surface area contributed by atoms with Gasteiger partial charge >= 0.3 is 0 Å². The minimum Gasteiger partial charge on any atom is -0.347 e. The first-order valence-electron chi connectivity index (χ1n) is 11.0. The summed E-state index contributed by atoms with van der Waals surface area (Å²) in [6, 6.07) is 15.7. The number of hydrogen-bond acceptors (Lipinski definition) is 5. The molecule has 5 nitrogen and oxygen atoms in total. The van der Waals surface area contributed by atoms with Crippen LogP contribution in [0.15, 0.2) is 48.5 Å². The largest absolute Gasteiger partial charge is 0.347 e. The van der Waals surface area contributed by atoms with Gasteiger partial charge in [-0.2, -0.15) is 0 Å². The van der Waals surface area contributed by atoms with E-state index in [4.69, 9.17) is 23.4 Å². The van der Waals surface area contributed by atoms with Crippen LogP contribution < -0.4 is 9.32 Å². The van der Waals surface area contributed by atoms with E-state index < -0.39 is 11.2 Å². The van der Waals surface area contributed by atoms with E-state index in [2.05, 4.69) is 36.8 Å². The number of fused-ring (bicyclic) bond motifs is 1. The molecule has 172 valence electrons. The van der Waals surface area contributed by atoms with Gasteiger partial charge in [-0.1, -0.05) is 35.9 Å². The van der Waals surface area contributed by atoms with Crippen molar-refractivity contribution in [1.29, 1.82) is 0 Å². The lowest BCUT2D eigenvalue weighted by Gasteiger charge is -2.53. The predicted octanol–water partition coefficient (Wildman–Crippen LogP) is 6.59. The van der Waals surface area contributed by atoms with Gasteiger partial charge in [0, 0.05) is 30.4 Å². The molecule has 1 aromatic heterocycles. The molecule has 3 heterocycles. The molecule has 2 atom stereocenters. The van der Waals surface area contributed by atoms with Crippen molar-refractivity contribution >= 4 is 52.0 Å². The number of hydrogen-bond donors (Lipinski definition) is 0. The summed E-state index contributed by atoms with van der Waals surface area (Å²) in [5.74, 6) is -0.0648. The average Bonchev–Trinajstić information content (AvgIpc) is 3.45. The number of carbonyl (C=O) groups is 1. The van der Waals surface area contributed by atoms with E-state index in [1.165, 1.54) is 11.3 Å². The molecular formula is C25H26Cl2N4OS. The zero-order valence-electron chi connectivity index (χ0n) is 19.1. The number of carbonyl (C=O) groups excluding carboxylic acids is 1. The minimum atomic E-state index is -0.633. The number of amides is 1. The Morgan fingerprint density at radius 3 is 2.55 bits per heavy atom. The molecule has 0 saturated carbocycles. The van der Waals surface area contributed by atoms with Crippen LogP contribution in [0, 0.1) is 6.92 Å². The van der Waals surface area contributed by atoms with Crippen LogP contribution in [0.2, 0.25) is 5.02 Å². The van der Waals surface area contributed by atoms with Gasteiger partial charge in [0.2, 0.25) is 0 Å². The normalized spacial score (nSPS) is 24.5. The van der Waals surface area contributed by atoms with Gasteiger partial charge in [-0.15, -0.1) is 11.3 Å². The molecule has 0 aliphatic carbocycles. The Hall–Kier alpha value is -2.28. The molecule has 1 fully saturated rings. The average molecular weight is 501 g/mol. The number of anilines is 2. The van der Waals surface area contributed by atoms with Crippen molar-refractivity contribution in [3.63, 3.8) is 0 Å². The van der Waals surface area contributed by atoms with Crippen molar-refractivity contribution in [2.45, 2.75) is 44.8 Å². The molecule has 1 unspecified atom stereocenters. The Balaban J connectivity index is 1.57. The van der Waals surface area contributed by atoms with Crippen LogP contribution in [0.3, 0.4) is 0 Å². The summed E-state index contributed by atoms with van der Waals surface area (Å²) in [5, 5.41) is 1.49. The van der Waals surface area contributed by atoms with Crippen LogP contribution in [0.1, 0.15) is 42.2 Å². The van der Waals surface area contributed by atoms with Gasteiger partial charge in [0.1, 0.15) is 11.4 Å².